The zero-order chi connectivity index (χ0) is 8.10. The predicted octanol–water partition coefficient (Wildman–Crippen LogP) is 2.65. The minimum Gasteiger partial charge on any atom is -0.486 e. The highest BCUT2D eigenvalue weighted by molar-refractivity contribution is 6.33. The number of hydrogen-bond acceptors (Lipinski definition) is 2. The van der Waals surface area contributed by atoms with Crippen molar-refractivity contribution in [1.82, 2.24) is 0 Å². The van der Waals surface area contributed by atoms with Crippen LogP contribution in [-0.4, -0.2) is 13.5 Å². The van der Waals surface area contributed by atoms with Gasteiger partial charge < -0.3 is 4.74 Å². The van der Waals surface area contributed by atoms with E-state index in [9.17, 15) is 0 Å². The number of ether oxygens (including phenoxy) is 1. The first-order valence-electron chi connectivity index (χ1n) is 3.14. The summed E-state index contributed by atoms with van der Waals surface area (Å²) in [5.74, 6) is 0. The number of para-hydroxylation sites is 1. The van der Waals surface area contributed by atoms with Crippen molar-refractivity contribution in [2.45, 2.75) is 0 Å². The molecule has 0 atom stereocenters. The Bertz CT molecular complexity index is 260. The summed E-state index contributed by atoms with van der Waals surface area (Å²) in [5.41, 5.74) is 0.719. The van der Waals surface area contributed by atoms with Gasteiger partial charge in [0.25, 0.3) is 0 Å². The number of benzene rings is 1. The summed E-state index contributed by atoms with van der Waals surface area (Å²) in [5, 5.41) is 0.626. The van der Waals surface area contributed by atoms with Gasteiger partial charge in [-0.2, -0.15) is 0 Å². The molecule has 0 aliphatic rings. The van der Waals surface area contributed by atoms with Gasteiger partial charge >= 0.3 is 0 Å². The standard InChI is InChI=1S/C8H8ClNO/c1-11-6-10-8-5-3-2-4-7(8)9/h2-6H,1H3. The zero-order valence-corrected chi connectivity index (χ0v) is 6.88. The third-order valence-corrected chi connectivity index (χ3v) is 1.47. The molecule has 0 amide bonds. The van der Waals surface area contributed by atoms with Gasteiger partial charge in [0.15, 0.2) is 6.40 Å². The lowest BCUT2D eigenvalue weighted by molar-refractivity contribution is 0.423. The first-order chi connectivity index (χ1) is 5.34. The second-order valence-electron chi connectivity index (χ2n) is 1.92. The number of rotatable bonds is 2. The molecule has 0 aromatic heterocycles. The van der Waals surface area contributed by atoms with Gasteiger partial charge in [0.1, 0.15) is 0 Å². The highest BCUT2D eigenvalue weighted by Crippen LogP contribution is 2.22. The van der Waals surface area contributed by atoms with Gasteiger partial charge in [0.2, 0.25) is 0 Å². The van der Waals surface area contributed by atoms with Crippen molar-refractivity contribution < 1.29 is 4.74 Å². The number of aliphatic imine (C=N–C) groups is 1. The molecule has 0 saturated carbocycles. The zero-order valence-electron chi connectivity index (χ0n) is 6.12. The van der Waals surface area contributed by atoms with Gasteiger partial charge in [-0.1, -0.05) is 23.7 Å². The van der Waals surface area contributed by atoms with Crippen LogP contribution in [0.4, 0.5) is 5.69 Å². The lowest BCUT2D eigenvalue weighted by atomic mass is 10.3. The molecule has 0 fully saturated rings. The van der Waals surface area contributed by atoms with Crippen molar-refractivity contribution in [3.63, 3.8) is 0 Å². The second-order valence-corrected chi connectivity index (χ2v) is 2.33. The van der Waals surface area contributed by atoms with Gasteiger partial charge in [-0.15, -0.1) is 0 Å². The Hall–Kier alpha value is -1.02. The molecule has 1 aromatic carbocycles. The Labute approximate surface area is 70.5 Å². The van der Waals surface area contributed by atoms with E-state index in [-0.39, 0.29) is 0 Å². The van der Waals surface area contributed by atoms with Gasteiger partial charge in [-0.3, -0.25) is 0 Å². The Kier molecular flexibility index (Phi) is 2.93. The molecule has 1 rings (SSSR count). The van der Waals surface area contributed by atoms with Crippen LogP contribution in [0.2, 0.25) is 5.02 Å². The lowest BCUT2D eigenvalue weighted by Crippen LogP contribution is -1.75. The molecule has 0 unspecified atom stereocenters. The van der Waals surface area contributed by atoms with Crippen LogP contribution in [0.15, 0.2) is 29.3 Å². The van der Waals surface area contributed by atoms with E-state index in [1.165, 1.54) is 6.40 Å². The normalized spacial score (nSPS) is 10.4. The maximum absolute atomic E-state index is 5.79. The molecule has 58 valence electrons. The maximum atomic E-state index is 5.79. The SMILES string of the molecule is COC=Nc1ccccc1Cl. The summed E-state index contributed by atoms with van der Waals surface area (Å²) in [7, 11) is 1.54. The van der Waals surface area contributed by atoms with Crippen LogP contribution in [0.25, 0.3) is 0 Å². The van der Waals surface area contributed by atoms with Crippen molar-refractivity contribution in [1.29, 1.82) is 0 Å². The molecule has 0 spiro atoms. The predicted molar refractivity (Wildman–Crippen MR) is 46.6 cm³/mol. The fraction of sp³-hybridized carbons (Fsp3) is 0.125. The Morgan fingerprint density at radius 2 is 2.18 bits per heavy atom. The number of methoxy groups -OCH3 is 1. The smallest absolute Gasteiger partial charge is 0.174 e. The number of hydrogen-bond donors (Lipinski definition) is 0. The monoisotopic (exact) mass is 169 g/mol. The first kappa shape index (κ1) is 8.08. The fourth-order valence-electron chi connectivity index (χ4n) is 0.666. The molecule has 3 heteroatoms. The fourth-order valence-corrected chi connectivity index (χ4v) is 0.850. The summed E-state index contributed by atoms with van der Waals surface area (Å²) in [6, 6.07) is 7.32. The van der Waals surface area contributed by atoms with Crippen molar-refractivity contribution >= 4 is 23.7 Å². The molecule has 0 N–H and O–H groups in total. The van der Waals surface area contributed by atoms with Crippen LogP contribution in [0.5, 0.6) is 0 Å². The topological polar surface area (TPSA) is 21.6 Å². The highest BCUT2D eigenvalue weighted by atomic mass is 35.5. The quantitative estimate of drug-likeness (QED) is 0.493. The average Bonchev–Trinajstić information content (AvgIpc) is 2.03. The van der Waals surface area contributed by atoms with E-state index in [1.807, 2.05) is 18.2 Å². The molecule has 0 radical (unpaired) electrons. The molecular formula is C8H8ClNO. The largest absolute Gasteiger partial charge is 0.486 e. The molecule has 0 heterocycles. The van der Waals surface area contributed by atoms with Crippen molar-refractivity contribution in [2.24, 2.45) is 4.99 Å². The lowest BCUT2D eigenvalue weighted by Gasteiger charge is -1.94. The summed E-state index contributed by atoms with van der Waals surface area (Å²) in [6.45, 7) is 0. The van der Waals surface area contributed by atoms with Crippen LogP contribution >= 0.6 is 11.6 Å². The second kappa shape index (κ2) is 3.98. The minimum atomic E-state index is 0.626. The molecule has 0 aliphatic heterocycles. The van der Waals surface area contributed by atoms with E-state index in [2.05, 4.69) is 9.73 Å². The molecular weight excluding hydrogens is 162 g/mol. The van der Waals surface area contributed by atoms with E-state index < -0.39 is 0 Å². The van der Waals surface area contributed by atoms with Crippen LogP contribution < -0.4 is 0 Å². The molecule has 2 nitrogen and oxygen atoms in total. The van der Waals surface area contributed by atoms with E-state index >= 15 is 0 Å². The van der Waals surface area contributed by atoms with Crippen molar-refractivity contribution in [3.05, 3.63) is 29.3 Å². The Morgan fingerprint density at radius 3 is 2.82 bits per heavy atom. The average molecular weight is 170 g/mol. The van der Waals surface area contributed by atoms with E-state index in [0.29, 0.717) is 5.02 Å². The summed E-state index contributed by atoms with van der Waals surface area (Å²) in [4.78, 5) is 3.95. The molecule has 0 saturated heterocycles. The van der Waals surface area contributed by atoms with E-state index in [0.717, 1.165) is 5.69 Å². The number of nitrogens with zero attached hydrogens (tertiary/aromatic N) is 1. The minimum absolute atomic E-state index is 0.626. The molecule has 1 aromatic rings. The molecule has 11 heavy (non-hydrogen) atoms. The number of halogens is 1. The first-order valence-corrected chi connectivity index (χ1v) is 3.52. The third-order valence-electron chi connectivity index (χ3n) is 1.15. The van der Waals surface area contributed by atoms with Crippen LogP contribution in [0.3, 0.4) is 0 Å². The van der Waals surface area contributed by atoms with E-state index in [1.54, 1.807) is 13.2 Å². The summed E-state index contributed by atoms with van der Waals surface area (Å²) < 4.78 is 4.65. The van der Waals surface area contributed by atoms with Gasteiger partial charge in [0, 0.05) is 0 Å². The van der Waals surface area contributed by atoms with Gasteiger partial charge in [-0.05, 0) is 12.1 Å². The van der Waals surface area contributed by atoms with Crippen molar-refractivity contribution in [3.8, 4) is 0 Å². The summed E-state index contributed by atoms with van der Waals surface area (Å²) in [6.07, 6.45) is 1.35. The highest BCUT2D eigenvalue weighted by Gasteiger charge is 1.92. The van der Waals surface area contributed by atoms with Crippen molar-refractivity contribution in [2.75, 3.05) is 7.11 Å². The van der Waals surface area contributed by atoms with Gasteiger partial charge in [0.05, 0.1) is 17.8 Å². The molecule has 0 bridgehead atoms. The van der Waals surface area contributed by atoms with Crippen LogP contribution in [0, 0.1) is 0 Å². The maximum Gasteiger partial charge on any atom is 0.174 e. The third kappa shape index (κ3) is 2.24. The van der Waals surface area contributed by atoms with Gasteiger partial charge in [-0.25, -0.2) is 4.99 Å². The van der Waals surface area contributed by atoms with Crippen LogP contribution in [0.1, 0.15) is 0 Å². The van der Waals surface area contributed by atoms with Crippen LogP contribution in [-0.2, 0) is 4.74 Å². The summed E-state index contributed by atoms with van der Waals surface area (Å²) >= 11 is 5.79. The molecule has 0 aliphatic carbocycles. The van der Waals surface area contributed by atoms with E-state index in [4.69, 9.17) is 11.6 Å². The Balaban J connectivity index is 2.86. The Morgan fingerprint density at radius 1 is 1.45 bits per heavy atom.